The maximum atomic E-state index is 12.3. The number of benzene rings is 2. The minimum absolute atomic E-state index is 0.0455. The maximum absolute atomic E-state index is 12.3. The van der Waals surface area contributed by atoms with Crippen LogP contribution in [0.1, 0.15) is 27.0 Å². The van der Waals surface area contributed by atoms with E-state index in [0.717, 1.165) is 24.3 Å². The highest BCUT2D eigenvalue weighted by molar-refractivity contribution is 7.98. The molecule has 1 N–H and O–H groups in total. The number of carbonyl (C=O) groups is 1. The molecule has 0 aliphatic rings. The molecule has 154 valence electrons. The van der Waals surface area contributed by atoms with Crippen molar-refractivity contribution in [3.8, 4) is 0 Å². The van der Waals surface area contributed by atoms with E-state index in [1.54, 1.807) is 18.6 Å². The highest BCUT2D eigenvalue weighted by Gasteiger charge is 2.31. The van der Waals surface area contributed by atoms with E-state index in [4.69, 9.17) is 5.11 Å². The van der Waals surface area contributed by atoms with E-state index < -0.39 is 23.5 Å². The maximum Gasteiger partial charge on any atom is 0.416 e. The molecular formula is C18H16F6O2S2. The van der Waals surface area contributed by atoms with Gasteiger partial charge in [0.1, 0.15) is 6.29 Å². The van der Waals surface area contributed by atoms with Gasteiger partial charge in [-0.3, -0.25) is 4.79 Å². The van der Waals surface area contributed by atoms with Crippen molar-refractivity contribution in [2.45, 2.75) is 28.8 Å². The first-order valence-electron chi connectivity index (χ1n) is 7.52. The lowest BCUT2D eigenvalue weighted by molar-refractivity contribution is -0.138. The average Bonchev–Trinajstić information content (AvgIpc) is 2.66. The zero-order chi connectivity index (χ0) is 21.5. The molecule has 10 heteroatoms. The van der Waals surface area contributed by atoms with E-state index in [2.05, 4.69) is 0 Å². The molecule has 0 amide bonds. The first-order valence-corrected chi connectivity index (χ1v) is 9.97. The Labute approximate surface area is 166 Å². The summed E-state index contributed by atoms with van der Waals surface area (Å²) in [6, 6.07) is 6.86. The van der Waals surface area contributed by atoms with Crippen LogP contribution in [0.4, 0.5) is 26.3 Å². The second-order valence-electron chi connectivity index (χ2n) is 5.34. The van der Waals surface area contributed by atoms with Crippen LogP contribution in [0.2, 0.25) is 0 Å². The predicted octanol–water partition coefficient (Wildman–Crippen LogP) is 6.16. The number of aldehydes is 1. The molecule has 0 heterocycles. The molecule has 0 saturated heterocycles. The average molecular weight is 442 g/mol. The minimum atomic E-state index is -4.40. The van der Waals surface area contributed by atoms with Gasteiger partial charge in [0.2, 0.25) is 0 Å². The summed E-state index contributed by atoms with van der Waals surface area (Å²) in [6.45, 7) is -0.378. The molecule has 0 fully saturated rings. The Balaban J connectivity index is 0.000000280. The van der Waals surface area contributed by atoms with E-state index in [0.29, 0.717) is 16.1 Å². The lowest BCUT2D eigenvalue weighted by Gasteiger charge is -2.09. The zero-order valence-electron chi connectivity index (χ0n) is 14.7. The Morgan fingerprint density at radius 3 is 1.68 bits per heavy atom. The van der Waals surface area contributed by atoms with Gasteiger partial charge in [0.05, 0.1) is 17.7 Å². The fourth-order valence-corrected chi connectivity index (χ4v) is 3.02. The van der Waals surface area contributed by atoms with Crippen molar-refractivity contribution in [2.75, 3.05) is 12.5 Å². The Bertz CT molecular complexity index is 781. The van der Waals surface area contributed by atoms with Gasteiger partial charge >= 0.3 is 12.4 Å². The normalized spacial score (nSPS) is 11.6. The van der Waals surface area contributed by atoms with Crippen molar-refractivity contribution in [3.05, 3.63) is 58.7 Å². The molecule has 0 aliphatic carbocycles. The number of carbonyl (C=O) groups excluding carboxylic acids is 1. The van der Waals surface area contributed by atoms with Gasteiger partial charge in [-0.15, -0.1) is 23.5 Å². The second-order valence-corrected chi connectivity index (χ2v) is 7.10. The smallest absolute Gasteiger partial charge is 0.392 e. The van der Waals surface area contributed by atoms with Crippen molar-refractivity contribution in [3.63, 3.8) is 0 Å². The Kier molecular flexibility index (Phi) is 8.90. The summed E-state index contributed by atoms with van der Waals surface area (Å²) in [7, 11) is 0. The van der Waals surface area contributed by atoms with Crippen LogP contribution in [0, 0.1) is 0 Å². The molecule has 0 aliphatic heterocycles. The van der Waals surface area contributed by atoms with Gasteiger partial charge in [0.15, 0.2) is 0 Å². The molecule has 0 aromatic heterocycles. The molecule has 2 rings (SSSR count). The Morgan fingerprint density at radius 1 is 0.821 bits per heavy atom. The molecule has 28 heavy (non-hydrogen) atoms. The summed E-state index contributed by atoms with van der Waals surface area (Å²) >= 11 is 2.39. The van der Waals surface area contributed by atoms with Gasteiger partial charge < -0.3 is 5.11 Å². The number of hydrogen-bond acceptors (Lipinski definition) is 4. The molecular weight excluding hydrogens is 426 g/mol. The van der Waals surface area contributed by atoms with Crippen molar-refractivity contribution < 1.29 is 36.2 Å². The monoisotopic (exact) mass is 442 g/mol. The minimum Gasteiger partial charge on any atom is -0.392 e. The molecule has 0 bridgehead atoms. The third-order valence-corrected chi connectivity index (χ3v) is 4.75. The molecule has 0 spiro atoms. The lowest BCUT2D eigenvalue weighted by Crippen LogP contribution is -2.05. The summed E-state index contributed by atoms with van der Waals surface area (Å²) in [5.74, 6) is 0. The summed E-state index contributed by atoms with van der Waals surface area (Å²) < 4.78 is 73.9. The third kappa shape index (κ3) is 7.40. The van der Waals surface area contributed by atoms with E-state index >= 15 is 0 Å². The molecule has 0 atom stereocenters. The SMILES string of the molecule is CSc1cc(C=O)cc(C(F)(F)F)c1.CSc1cc(CO)cc(C(F)(F)F)c1. The summed E-state index contributed by atoms with van der Waals surface area (Å²) in [6.07, 6.45) is -4.99. The van der Waals surface area contributed by atoms with Crippen molar-refractivity contribution in [1.82, 2.24) is 0 Å². The van der Waals surface area contributed by atoms with Gasteiger partial charge in [-0.1, -0.05) is 0 Å². The van der Waals surface area contributed by atoms with Crippen LogP contribution in [-0.4, -0.2) is 23.9 Å². The molecule has 0 saturated carbocycles. The Hall–Kier alpha value is -1.65. The molecule has 0 radical (unpaired) electrons. The van der Waals surface area contributed by atoms with Crippen LogP contribution in [0.5, 0.6) is 0 Å². The van der Waals surface area contributed by atoms with E-state index in [9.17, 15) is 31.1 Å². The standard InChI is InChI=1S/C9H9F3OS.C9H7F3OS/c2*1-14-8-3-6(5-13)2-7(4-8)9(10,11)12/h2-4,13H,5H2,1H3;2-5H,1H3. The predicted molar refractivity (Wildman–Crippen MR) is 97.8 cm³/mol. The number of rotatable bonds is 4. The van der Waals surface area contributed by atoms with Gasteiger partial charge in [-0.2, -0.15) is 26.3 Å². The number of halogens is 6. The summed E-state index contributed by atoms with van der Waals surface area (Å²) in [5.41, 5.74) is -1.17. The molecule has 2 nitrogen and oxygen atoms in total. The van der Waals surface area contributed by atoms with Gasteiger partial charge in [-0.25, -0.2) is 0 Å². The molecule has 0 unspecified atom stereocenters. The highest BCUT2D eigenvalue weighted by atomic mass is 32.2. The van der Waals surface area contributed by atoms with Gasteiger partial charge in [-0.05, 0) is 54.5 Å². The topological polar surface area (TPSA) is 37.3 Å². The Morgan fingerprint density at radius 2 is 1.29 bits per heavy atom. The highest BCUT2D eigenvalue weighted by Crippen LogP contribution is 2.33. The third-order valence-electron chi connectivity index (χ3n) is 3.34. The van der Waals surface area contributed by atoms with E-state index in [-0.39, 0.29) is 17.7 Å². The molecule has 2 aromatic rings. The van der Waals surface area contributed by atoms with Crippen LogP contribution in [0.15, 0.2) is 46.2 Å². The quantitative estimate of drug-likeness (QED) is 0.350. The number of alkyl halides is 6. The number of aliphatic hydroxyl groups is 1. The van der Waals surface area contributed by atoms with E-state index in [1.807, 2.05) is 0 Å². The molecule has 2 aromatic carbocycles. The van der Waals surface area contributed by atoms with Crippen LogP contribution >= 0.6 is 23.5 Å². The first-order chi connectivity index (χ1) is 12.9. The fraction of sp³-hybridized carbons (Fsp3) is 0.278. The largest absolute Gasteiger partial charge is 0.416 e. The van der Waals surface area contributed by atoms with Crippen molar-refractivity contribution in [1.29, 1.82) is 0 Å². The van der Waals surface area contributed by atoms with Crippen molar-refractivity contribution >= 4 is 29.8 Å². The van der Waals surface area contributed by atoms with Crippen molar-refractivity contribution in [2.24, 2.45) is 0 Å². The first kappa shape index (κ1) is 24.4. The number of aliphatic hydroxyl groups excluding tert-OH is 1. The lowest BCUT2D eigenvalue weighted by atomic mass is 10.1. The zero-order valence-corrected chi connectivity index (χ0v) is 16.3. The van der Waals surface area contributed by atoms with Crippen LogP contribution < -0.4 is 0 Å². The fourth-order valence-electron chi connectivity index (χ4n) is 2.01. The second kappa shape index (κ2) is 10.2. The number of hydrogen-bond donors (Lipinski definition) is 1. The van der Waals surface area contributed by atoms with Gasteiger partial charge in [0.25, 0.3) is 0 Å². The summed E-state index contributed by atoms with van der Waals surface area (Å²) in [4.78, 5) is 11.3. The number of thioether (sulfide) groups is 2. The van der Waals surface area contributed by atoms with Crippen LogP contribution in [0.25, 0.3) is 0 Å². The van der Waals surface area contributed by atoms with Crippen LogP contribution in [0.3, 0.4) is 0 Å². The van der Waals surface area contributed by atoms with Crippen LogP contribution in [-0.2, 0) is 19.0 Å². The summed E-state index contributed by atoms with van der Waals surface area (Å²) in [5, 5.41) is 8.77. The van der Waals surface area contributed by atoms with Gasteiger partial charge in [0, 0.05) is 15.4 Å². The van der Waals surface area contributed by atoms with E-state index in [1.165, 1.54) is 29.6 Å².